The average molecular weight is 226 g/mol. The standard InChI is InChI=1S/C12H22N2O2/c15-11(16)12(5-1-2-7-14-12)8-10-4-3-6-13-9-10/h10,13-14H,1-9H2,(H,15,16). The Morgan fingerprint density at radius 2 is 2.19 bits per heavy atom. The molecule has 0 radical (unpaired) electrons. The third-order valence-corrected chi connectivity index (χ3v) is 3.94. The molecule has 2 aliphatic heterocycles. The molecule has 0 aromatic carbocycles. The number of aliphatic carboxylic acids is 1. The second-order valence-electron chi connectivity index (χ2n) is 5.19. The second kappa shape index (κ2) is 5.15. The SMILES string of the molecule is O=C(O)C1(CC2CCCNC2)CCCCN1. The topological polar surface area (TPSA) is 61.4 Å². The third kappa shape index (κ3) is 2.55. The summed E-state index contributed by atoms with van der Waals surface area (Å²) >= 11 is 0. The molecule has 0 aromatic heterocycles. The van der Waals surface area contributed by atoms with Crippen LogP contribution in [0.25, 0.3) is 0 Å². The summed E-state index contributed by atoms with van der Waals surface area (Å²) in [5.41, 5.74) is -0.637. The van der Waals surface area contributed by atoms with Gasteiger partial charge in [0.15, 0.2) is 0 Å². The molecule has 92 valence electrons. The number of nitrogens with one attached hydrogen (secondary N) is 2. The van der Waals surface area contributed by atoms with Crippen molar-refractivity contribution in [1.29, 1.82) is 0 Å². The van der Waals surface area contributed by atoms with Gasteiger partial charge in [-0.25, -0.2) is 0 Å². The van der Waals surface area contributed by atoms with Gasteiger partial charge in [-0.3, -0.25) is 4.79 Å². The van der Waals surface area contributed by atoms with Crippen molar-refractivity contribution in [2.24, 2.45) is 5.92 Å². The molecule has 0 aromatic rings. The molecule has 2 heterocycles. The van der Waals surface area contributed by atoms with E-state index in [0.717, 1.165) is 45.3 Å². The van der Waals surface area contributed by atoms with Crippen molar-refractivity contribution in [3.05, 3.63) is 0 Å². The lowest BCUT2D eigenvalue weighted by molar-refractivity contribution is -0.147. The van der Waals surface area contributed by atoms with Crippen LogP contribution in [0.15, 0.2) is 0 Å². The molecule has 4 heteroatoms. The number of carbonyl (C=O) groups is 1. The largest absolute Gasteiger partial charge is 0.480 e. The van der Waals surface area contributed by atoms with E-state index in [-0.39, 0.29) is 0 Å². The van der Waals surface area contributed by atoms with Gasteiger partial charge in [-0.2, -0.15) is 0 Å². The Bertz CT molecular complexity index is 243. The Morgan fingerprint density at radius 1 is 1.31 bits per heavy atom. The van der Waals surface area contributed by atoms with Crippen LogP contribution in [-0.4, -0.2) is 36.2 Å². The molecular formula is C12H22N2O2. The van der Waals surface area contributed by atoms with E-state index in [4.69, 9.17) is 0 Å². The van der Waals surface area contributed by atoms with Gasteiger partial charge in [0.25, 0.3) is 0 Å². The summed E-state index contributed by atoms with van der Waals surface area (Å²) in [6.45, 7) is 2.92. The molecule has 2 atom stereocenters. The summed E-state index contributed by atoms with van der Waals surface area (Å²) in [4.78, 5) is 11.5. The minimum Gasteiger partial charge on any atom is -0.480 e. The third-order valence-electron chi connectivity index (χ3n) is 3.94. The van der Waals surface area contributed by atoms with E-state index in [1.165, 1.54) is 12.8 Å². The van der Waals surface area contributed by atoms with Crippen LogP contribution >= 0.6 is 0 Å². The Hall–Kier alpha value is -0.610. The fourth-order valence-electron chi connectivity index (χ4n) is 3.00. The quantitative estimate of drug-likeness (QED) is 0.671. The van der Waals surface area contributed by atoms with Crippen molar-refractivity contribution in [3.63, 3.8) is 0 Å². The van der Waals surface area contributed by atoms with Gasteiger partial charge in [0.2, 0.25) is 0 Å². The molecule has 2 aliphatic rings. The minimum atomic E-state index is -0.655. The van der Waals surface area contributed by atoms with Crippen LogP contribution in [0, 0.1) is 5.92 Å². The van der Waals surface area contributed by atoms with Gasteiger partial charge in [-0.1, -0.05) is 0 Å². The molecule has 16 heavy (non-hydrogen) atoms. The monoisotopic (exact) mass is 226 g/mol. The molecule has 2 rings (SSSR count). The van der Waals surface area contributed by atoms with Crippen LogP contribution in [-0.2, 0) is 4.79 Å². The Kier molecular flexibility index (Phi) is 3.82. The summed E-state index contributed by atoms with van der Waals surface area (Å²) in [7, 11) is 0. The van der Waals surface area contributed by atoms with Gasteiger partial charge in [-0.15, -0.1) is 0 Å². The first-order valence-corrected chi connectivity index (χ1v) is 6.42. The van der Waals surface area contributed by atoms with Crippen LogP contribution in [0.1, 0.15) is 38.5 Å². The van der Waals surface area contributed by atoms with Crippen LogP contribution in [0.5, 0.6) is 0 Å². The zero-order valence-corrected chi connectivity index (χ0v) is 9.80. The van der Waals surface area contributed by atoms with Crippen LogP contribution < -0.4 is 10.6 Å². The predicted molar refractivity (Wildman–Crippen MR) is 62.4 cm³/mol. The molecule has 0 saturated carbocycles. The first kappa shape index (κ1) is 11.9. The fraction of sp³-hybridized carbons (Fsp3) is 0.917. The smallest absolute Gasteiger partial charge is 0.323 e. The minimum absolute atomic E-state index is 0.524. The molecule has 0 spiro atoms. The average Bonchev–Trinajstić information content (AvgIpc) is 2.31. The summed E-state index contributed by atoms with van der Waals surface area (Å²) in [5.74, 6) is -0.131. The lowest BCUT2D eigenvalue weighted by Gasteiger charge is -2.38. The van der Waals surface area contributed by atoms with Crippen molar-refractivity contribution < 1.29 is 9.90 Å². The Labute approximate surface area is 96.8 Å². The van der Waals surface area contributed by atoms with E-state index in [0.29, 0.717) is 5.92 Å². The molecular weight excluding hydrogens is 204 g/mol. The predicted octanol–water partition coefficient (Wildman–Crippen LogP) is 0.973. The molecule has 0 amide bonds. The van der Waals surface area contributed by atoms with Crippen molar-refractivity contribution >= 4 is 5.97 Å². The molecule has 2 unspecified atom stereocenters. The maximum Gasteiger partial charge on any atom is 0.323 e. The number of hydrogen-bond acceptors (Lipinski definition) is 3. The molecule has 2 fully saturated rings. The lowest BCUT2D eigenvalue weighted by Crippen LogP contribution is -2.56. The number of piperidine rings is 2. The number of carboxylic acids is 1. The van der Waals surface area contributed by atoms with Crippen LogP contribution in [0.4, 0.5) is 0 Å². The van der Waals surface area contributed by atoms with Crippen LogP contribution in [0.2, 0.25) is 0 Å². The molecule has 0 aliphatic carbocycles. The highest BCUT2D eigenvalue weighted by molar-refractivity contribution is 5.79. The summed E-state index contributed by atoms with van der Waals surface area (Å²) in [6, 6.07) is 0. The number of rotatable bonds is 3. The normalized spacial score (nSPS) is 35.9. The molecule has 2 saturated heterocycles. The van der Waals surface area contributed by atoms with Crippen molar-refractivity contribution in [2.75, 3.05) is 19.6 Å². The maximum absolute atomic E-state index is 11.5. The number of carboxylic acid groups (broad SMARTS) is 1. The highest BCUT2D eigenvalue weighted by Gasteiger charge is 2.41. The van der Waals surface area contributed by atoms with Gasteiger partial charge >= 0.3 is 5.97 Å². The van der Waals surface area contributed by atoms with Crippen molar-refractivity contribution in [3.8, 4) is 0 Å². The van der Waals surface area contributed by atoms with Crippen LogP contribution in [0.3, 0.4) is 0 Å². The first-order valence-electron chi connectivity index (χ1n) is 6.42. The Balaban J connectivity index is 1.98. The molecule has 3 N–H and O–H groups in total. The van der Waals surface area contributed by atoms with E-state index in [2.05, 4.69) is 10.6 Å². The summed E-state index contributed by atoms with van der Waals surface area (Å²) < 4.78 is 0. The number of hydrogen-bond donors (Lipinski definition) is 3. The zero-order valence-electron chi connectivity index (χ0n) is 9.80. The molecule has 0 bridgehead atoms. The first-order chi connectivity index (χ1) is 7.73. The van der Waals surface area contributed by atoms with Crippen molar-refractivity contribution in [2.45, 2.75) is 44.1 Å². The summed E-state index contributed by atoms with van der Waals surface area (Å²) in [6.07, 6.45) is 6.08. The zero-order chi connectivity index (χ0) is 11.4. The van der Waals surface area contributed by atoms with E-state index in [9.17, 15) is 9.90 Å². The van der Waals surface area contributed by atoms with Gasteiger partial charge in [0, 0.05) is 0 Å². The van der Waals surface area contributed by atoms with E-state index >= 15 is 0 Å². The summed E-state index contributed by atoms with van der Waals surface area (Å²) in [5, 5.41) is 16.0. The fourth-order valence-corrected chi connectivity index (χ4v) is 3.00. The van der Waals surface area contributed by atoms with E-state index in [1.807, 2.05) is 0 Å². The highest BCUT2D eigenvalue weighted by atomic mass is 16.4. The van der Waals surface area contributed by atoms with Crippen molar-refractivity contribution in [1.82, 2.24) is 10.6 Å². The van der Waals surface area contributed by atoms with E-state index < -0.39 is 11.5 Å². The molecule has 4 nitrogen and oxygen atoms in total. The highest BCUT2D eigenvalue weighted by Crippen LogP contribution is 2.29. The van der Waals surface area contributed by atoms with Gasteiger partial charge < -0.3 is 15.7 Å². The van der Waals surface area contributed by atoms with E-state index in [1.54, 1.807) is 0 Å². The van der Waals surface area contributed by atoms with Gasteiger partial charge in [0.1, 0.15) is 5.54 Å². The lowest BCUT2D eigenvalue weighted by atomic mass is 9.79. The Morgan fingerprint density at radius 3 is 2.75 bits per heavy atom. The van der Waals surface area contributed by atoms with Gasteiger partial charge in [-0.05, 0) is 64.1 Å². The second-order valence-corrected chi connectivity index (χ2v) is 5.19. The maximum atomic E-state index is 11.5. The van der Waals surface area contributed by atoms with Gasteiger partial charge in [0.05, 0.1) is 0 Å².